The van der Waals surface area contributed by atoms with Crippen LogP contribution < -0.4 is 10.6 Å². The summed E-state index contributed by atoms with van der Waals surface area (Å²) in [5, 5.41) is 15.3. The molecular formula is C16H12Cl2N4O. The minimum Gasteiger partial charge on any atom is -0.384 e. The van der Waals surface area contributed by atoms with E-state index in [1.165, 1.54) is 12.3 Å². The number of nitrogens with one attached hydrogen (secondary N) is 2. The van der Waals surface area contributed by atoms with E-state index in [-0.39, 0.29) is 5.57 Å². The summed E-state index contributed by atoms with van der Waals surface area (Å²) in [6.45, 7) is 0.400. The standard InChI is InChI=1S/C16H12Cl2N4O/c17-12-4-5-14(18)15(7-12)22-16(23)11(8-19)9-20-10-13-3-1-2-6-21-13/h1-7,9,20H,10H2,(H,22,23)/b11-9-. The first-order valence-corrected chi connectivity index (χ1v) is 7.35. The first kappa shape index (κ1) is 16.8. The molecule has 2 rings (SSSR count). The van der Waals surface area contributed by atoms with Crippen LogP contribution in [0.3, 0.4) is 0 Å². The smallest absolute Gasteiger partial charge is 0.267 e. The van der Waals surface area contributed by atoms with Crippen molar-refractivity contribution < 1.29 is 4.79 Å². The van der Waals surface area contributed by atoms with Gasteiger partial charge in [-0.1, -0.05) is 29.3 Å². The summed E-state index contributed by atoms with van der Waals surface area (Å²) in [5.74, 6) is -0.579. The highest BCUT2D eigenvalue weighted by Crippen LogP contribution is 2.25. The molecule has 2 aromatic rings. The normalized spacial score (nSPS) is 10.7. The fourth-order valence-corrected chi connectivity index (χ4v) is 2.03. The summed E-state index contributed by atoms with van der Waals surface area (Å²) in [5.41, 5.74) is 1.05. The molecule has 0 saturated carbocycles. The van der Waals surface area contributed by atoms with Crippen LogP contribution in [0.4, 0.5) is 5.69 Å². The monoisotopic (exact) mass is 346 g/mol. The van der Waals surface area contributed by atoms with Crippen LogP contribution in [-0.4, -0.2) is 10.9 Å². The maximum atomic E-state index is 12.1. The van der Waals surface area contributed by atoms with Gasteiger partial charge in [0.2, 0.25) is 0 Å². The summed E-state index contributed by atoms with van der Waals surface area (Å²) in [6.07, 6.45) is 3.00. The number of anilines is 1. The number of rotatable bonds is 5. The molecule has 0 spiro atoms. The van der Waals surface area contributed by atoms with Crippen LogP contribution in [0, 0.1) is 11.3 Å². The van der Waals surface area contributed by atoms with Crippen LogP contribution in [0.25, 0.3) is 0 Å². The van der Waals surface area contributed by atoms with Gasteiger partial charge in [0.05, 0.1) is 22.9 Å². The average Bonchev–Trinajstić information content (AvgIpc) is 2.56. The Morgan fingerprint density at radius 2 is 2.13 bits per heavy atom. The molecule has 0 bridgehead atoms. The molecule has 0 saturated heterocycles. The molecule has 1 heterocycles. The zero-order valence-electron chi connectivity index (χ0n) is 11.9. The maximum absolute atomic E-state index is 12.1. The number of nitrogens with zero attached hydrogens (tertiary/aromatic N) is 2. The van der Waals surface area contributed by atoms with Gasteiger partial charge in [-0.3, -0.25) is 9.78 Å². The Hall–Kier alpha value is -2.55. The average molecular weight is 347 g/mol. The molecule has 0 aliphatic carbocycles. The van der Waals surface area contributed by atoms with Crippen molar-refractivity contribution in [2.24, 2.45) is 0 Å². The molecule has 0 atom stereocenters. The van der Waals surface area contributed by atoms with Gasteiger partial charge in [-0.2, -0.15) is 5.26 Å². The fourth-order valence-electron chi connectivity index (χ4n) is 1.69. The van der Waals surface area contributed by atoms with Gasteiger partial charge in [-0.05, 0) is 30.3 Å². The second-order valence-corrected chi connectivity index (χ2v) is 5.29. The van der Waals surface area contributed by atoms with E-state index in [9.17, 15) is 4.79 Å². The van der Waals surface area contributed by atoms with Gasteiger partial charge in [-0.15, -0.1) is 0 Å². The number of amides is 1. The molecule has 23 heavy (non-hydrogen) atoms. The Labute approximate surface area is 143 Å². The first-order chi connectivity index (χ1) is 11.1. The van der Waals surface area contributed by atoms with Gasteiger partial charge in [0.15, 0.2) is 0 Å². The number of hydrogen-bond acceptors (Lipinski definition) is 4. The van der Waals surface area contributed by atoms with E-state index in [4.69, 9.17) is 28.5 Å². The van der Waals surface area contributed by atoms with Crippen molar-refractivity contribution >= 4 is 34.8 Å². The van der Waals surface area contributed by atoms with Crippen molar-refractivity contribution in [1.29, 1.82) is 5.26 Å². The van der Waals surface area contributed by atoms with E-state index in [2.05, 4.69) is 15.6 Å². The quantitative estimate of drug-likeness (QED) is 0.641. The number of pyridine rings is 1. The van der Waals surface area contributed by atoms with E-state index in [1.807, 2.05) is 24.3 Å². The number of benzene rings is 1. The van der Waals surface area contributed by atoms with E-state index in [0.29, 0.717) is 22.3 Å². The maximum Gasteiger partial charge on any atom is 0.267 e. The zero-order chi connectivity index (χ0) is 16.7. The molecule has 0 unspecified atom stereocenters. The molecule has 0 fully saturated rings. The van der Waals surface area contributed by atoms with Crippen molar-refractivity contribution in [2.75, 3.05) is 5.32 Å². The lowest BCUT2D eigenvalue weighted by Crippen LogP contribution is -2.17. The summed E-state index contributed by atoms with van der Waals surface area (Å²) >= 11 is 11.8. The predicted molar refractivity (Wildman–Crippen MR) is 89.9 cm³/mol. The van der Waals surface area contributed by atoms with Crippen LogP contribution in [0.1, 0.15) is 5.69 Å². The molecule has 1 aromatic carbocycles. The summed E-state index contributed by atoms with van der Waals surface area (Å²) in [6, 6.07) is 12.0. The molecule has 0 aliphatic heterocycles. The van der Waals surface area contributed by atoms with Crippen molar-refractivity contribution in [3.63, 3.8) is 0 Å². The largest absolute Gasteiger partial charge is 0.384 e. The molecule has 0 radical (unpaired) electrons. The Bertz CT molecular complexity index is 769. The molecule has 116 valence electrons. The first-order valence-electron chi connectivity index (χ1n) is 6.60. The van der Waals surface area contributed by atoms with Gasteiger partial charge in [0, 0.05) is 17.4 Å². The zero-order valence-corrected chi connectivity index (χ0v) is 13.4. The third-order valence-electron chi connectivity index (χ3n) is 2.80. The minimum absolute atomic E-state index is 0.0861. The number of halogens is 2. The third kappa shape index (κ3) is 4.99. The van der Waals surface area contributed by atoms with Crippen molar-refractivity contribution in [1.82, 2.24) is 10.3 Å². The van der Waals surface area contributed by atoms with Crippen molar-refractivity contribution in [3.8, 4) is 6.07 Å². The van der Waals surface area contributed by atoms with Crippen molar-refractivity contribution in [2.45, 2.75) is 6.54 Å². The third-order valence-corrected chi connectivity index (χ3v) is 3.36. The van der Waals surface area contributed by atoms with Gasteiger partial charge < -0.3 is 10.6 Å². The van der Waals surface area contributed by atoms with Crippen LogP contribution in [-0.2, 0) is 11.3 Å². The second kappa shape index (κ2) is 8.18. The molecule has 1 amide bonds. The van der Waals surface area contributed by atoms with Crippen molar-refractivity contribution in [3.05, 3.63) is 70.1 Å². The topological polar surface area (TPSA) is 77.8 Å². The Morgan fingerprint density at radius 1 is 1.30 bits per heavy atom. The molecular weight excluding hydrogens is 335 g/mol. The van der Waals surface area contributed by atoms with Gasteiger partial charge in [0.1, 0.15) is 11.6 Å². The second-order valence-electron chi connectivity index (χ2n) is 4.45. The predicted octanol–water partition coefficient (Wildman–Crippen LogP) is 3.52. The van der Waals surface area contributed by atoms with Gasteiger partial charge in [-0.25, -0.2) is 0 Å². The van der Waals surface area contributed by atoms with E-state index < -0.39 is 5.91 Å². The van der Waals surface area contributed by atoms with E-state index in [0.717, 1.165) is 5.69 Å². The number of carbonyl (C=O) groups is 1. The SMILES string of the molecule is N#C/C(=C/NCc1ccccn1)C(=O)Nc1cc(Cl)ccc1Cl. The minimum atomic E-state index is -0.579. The molecule has 0 aliphatic rings. The summed E-state index contributed by atoms with van der Waals surface area (Å²) in [7, 11) is 0. The van der Waals surface area contributed by atoms with Gasteiger partial charge >= 0.3 is 0 Å². The van der Waals surface area contributed by atoms with Crippen LogP contribution in [0.5, 0.6) is 0 Å². The summed E-state index contributed by atoms with van der Waals surface area (Å²) < 4.78 is 0. The van der Waals surface area contributed by atoms with Crippen LogP contribution >= 0.6 is 23.2 Å². The van der Waals surface area contributed by atoms with Crippen LogP contribution in [0.2, 0.25) is 10.0 Å². The molecule has 2 N–H and O–H groups in total. The lowest BCUT2D eigenvalue weighted by molar-refractivity contribution is -0.112. The van der Waals surface area contributed by atoms with Crippen LogP contribution in [0.15, 0.2) is 54.4 Å². The highest BCUT2D eigenvalue weighted by atomic mass is 35.5. The van der Waals surface area contributed by atoms with E-state index >= 15 is 0 Å². The number of aromatic nitrogens is 1. The molecule has 5 nitrogen and oxygen atoms in total. The Kier molecular flexibility index (Phi) is 5.98. The molecule has 7 heteroatoms. The molecule has 1 aromatic heterocycles. The number of hydrogen-bond donors (Lipinski definition) is 2. The highest BCUT2D eigenvalue weighted by molar-refractivity contribution is 6.35. The number of nitriles is 1. The van der Waals surface area contributed by atoms with E-state index in [1.54, 1.807) is 18.3 Å². The summed E-state index contributed by atoms with van der Waals surface area (Å²) in [4.78, 5) is 16.2. The highest BCUT2D eigenvalue weighted by Gasteiger charge is 2.11. The Balaban J connectivity index is 2.02. The lowest BCUT2D eigenvalue weighted by atomic mass is 10.2. The number of carbonyl (C=O) groups excluding carboxylic acids is 1. The lowest BCUT2D eigenvalue weighted by Gasteiger charge is -2.07. The van der Waals surface area contributed by atoms with Gasteiger partial charge in [0.25, 0.3) is 5.91 Å². The fraction of sp³-hybridized carbons (Fsp3) is 0.0625. The Morgan fingerprint density at radius 3 is 2.83 bits per heavy atom.